The van der Waals surface area contributed by atoms with Crippen molar-refractivity contribution < 1.29 is 13.2 Å². The van der Waals surface area contributed by atoms with Gasteiger partial charge in [-0.1, -0.05) is 41.5 Å². The van der Waals surface area contributed by atoms with Gasteiger partial charge in [0, 0.05) is 26.2 Å². The van der Waals surface area contributed by atoms with Crippen LogP contribution in [0.2, 0.25) is 0 Å². The Morgan fingerprint density at radius 1 is 0.889 bits per heavy atom. The van der Waals surface area contributed by atoms with Crippen LogP contribution < -0.4 is 0 Å². The van der Waals surface area contributed by atoms with E-state index < -0.39 is 10.0 Å². The molecule has 0 bridgehead atoms. The molecule has 5 nitrogen and oxygen atoms in total. The van der Waals surface area contributed by atoms with Gasteiger partial charge in [-0.05, 0) is 44.0 Å². The third-order valence-corrected chi connectivity index (χ3v) is 7.00. The van der Waals surface area contributed by atoms with Crippen LogP contribution in [0.1, 0.15) is 22.3 Å². The van der Waals surface area contributed by atoms with Gasteiger partial charge in [0.15, 0.2) is 0 Å². The molecule has 1 aliphatic heterocycles. The Bertz CT molecular complexity index is 928. The molecule has 0 aromatic heterocycles. The first kappa shape index (κ1) is 19.6. The van der Waals surface area contributed by atoms with Gasteiger partial charge in [0.25, 0.3) is 0 Å². The fraction of sp³-hybridized carbons (Fsp3) is 0.381. The van der Waals surface area contributed by atoms with Crippen LogP contribution in [0.5, 0.6) is 0 Å². The average Bonchev–Trinajstić information content (AvgIpc) is 2.64. The molecular weight excluding hydrogens is 360 g/mol. The van der Waals surface area contributed by atoms with Gasteiger partial charge >= 0.3 is 0 Å². The van der Waals surface area contributed by atoms with E-state index in [0.717, 1.165) is 16.7 Å². The summed E-state index contributed by atoms with van der Waals surface area (Å²) in [5, 5.41) is 0. The van der Waals surface area contributed by atoms with Crippen molar-refractivity contribution in [2.75, 3.05) is 26.2 Å². The Kier molecular flexibility index (Phi) is 5.67. The largest absolute Gasteiger partial charge is 0.340 e. The van der Waals surface area contributed by atoms with E-state index in [2.05, 4.69) is 6.07 Å². The molecule has 27 heavy (non-hydrogen) atoms. The van der Waals surface area contributed by atoms with Crippen LogP contribution in [-0.4, -0.2) is 49.7 Å². The van der Waals surface area contributed by atoms with E-state index in [4.69, 9.17) is 0 Å². The van der Waals surface area contributed by atoms with Crippen molar-refractivity contribution in [2.45, 2.75) is 32.1 Å². The molecule has 1 aliphatic rings. The molecule has 0 saturated carbocycles. The summed E-state index contributed by atoms with van der Waals surface area (Å²) in [5.41, 5.74) is 4.35. The van der Waals surface area contributed by atoms with Crippen molar-refractivity contribution in [3.63, 3.8) is 0 Å². The molecule has 1 amide bonds. The number of amides is 1. The van der Waals surface area contributed by atoms with Gasteiger partial charge in [-0.2, -0.15) is 4.31 Å². The quantitative estimate of drug-likeness (QED) is 0.812. The molecule has 2 aromatic carbocycles. The van der Waals surface area contributed by atoms with E-state index in [9.17, 15) is 13.2 Å². The highest BCUT2D eigenvalue weighted by Gasteiger charge is 2.30. The van der Waals surface area contributed by atoms with E-state index in [1.54, 1.807) is 29.2 Å². The zero-order chi connectivity index (χ0) is 19.6. The lowest BCUT2D eigenvalue weighted by Crippen LogP contribution is -2.50. The first-order chi connectivity index (χ1) is 12.8. The second-order valence-corrected chi connectivity index (χ2v) is 9.14. The molecule has 1 saturated heterocycles. The minimum atomic E-state index is -3.50. The summed E-state index contributed by atoms with van der Waals surface area (Å²) in [6.45, 7) is 7.48. The number of carbonyl (C=O) groups is 1. The molecule has 3 rings (SSSR count). The van der Waals surface area contributed by atoms with Gasteiger partial charge in [0.2, 0.25) is 15.9 Å². The van der Waals surface area contributed by atoms with E-state index in [-0.39, 0.29) is 5.91 Å². The number of rotatable bonds is 4. The zero-order valence-corrected chi connectivity index (χ0v) is 16.9. The molecule has 6 heteroatoms. The van der Waals surface area contributed by atoms with Crippen LogP contribution in [0.15, 0.2) is 47.4 Å². The molecule has 0 radical (unpaired) electrons. The van der Waals surface area contributed by atoms with E-state index in [0.29, 0.717) is 37.5 Å². The second-order valence-electron chi connectivity index (χ2n) is 7.20. The summed E-state index contributed by atoms with van der Waals surface area (Å²) >= 11 is 0. The summed E-state index contributed by atoms with van der Waals surface area (Å²) < 4.78 is 27.0. The number of benzene rings is 2. The maximum absolute atomic E-state index is 12.8. The Morgan fingerprint density at radius 3 is 2.07 bits per heavy atom. The number of aryl methyl sites for hydroxylation is 3. The van der Waals surface area contributed by atoms with Crippen LogP contribution in [0.4, 0.5) is 0 Å². The molecule has 0 atom stereocenters. The molecule has 1 heterocycles. The molecule has 1 fully saturated rings. The average molecular weight is 387 g/mol. The summed E-state index contributed by atoms with van der Waals surface area (Å²) in [5.74, 6) is 0.0503. The lowest BCUT2D eigenvalue weighted by atomic mass is 10.0. The molecule has 0 aliphatic carbocycles. The fourth-order valence-corrected chi connectivity index (χ4v) is 4.78. The third kappa shape index (κ3) is 4.39. The molecule has 2 aromatic rings. The smallest absolute Gasteiger partial charge is 0.243 e. The maximum Gasteiger partial charge on any atom is 0.243 e. The van der Waals surface area contributed by atoms with E-state index >= 15 is 0 Å². The number of hydrogen-bond donors (Lipinski definition) is 0. The predicted molar refractivity (Wildman–Crippen MR) is 106 cm³/mol. The number of carbonyl (C=O) groups excluding carboxylic acids is 1. The van der Waals surface area contributed by atoms with Gasteiger partial charge < -0.3 is 4.90 Å². The summed E-state index contributed by atoms with van der Waals surface area (Å²) in [4.78, 5) is 14.7. The second kappa shape index (κ2) is 7.82. The third-order valence-electron chi connectivity index (χ3n) is 5.09. The monoisotopic (exact) mass is 386 g/mol. The van der Waals surface area contributed by atoms with Crippen molar-refractivity contribution in [2.24, 2.45) is 0 Å². The summed E-state index contributed by atoms with van der Waals surface area (Å²) in [6.07, 6.45) is 0.358. The molecule has 0 spiro atoms. The topological polar surface area (TPSA) is 57.7 Å². The van der Waals surface area contributed by atoms with Crippen LogP contribution >= 0.6 is 0 Å². The minimum absolute atomic E-state index is 0.0503. The van der Waals surface area contributed by atoms with E-state index in [1.165, 1.54) is 9.87 Å². The summed E-state index contributed by atoms with van der Waals surface area (Å²) in [6, 6.07) is 13.0. The molecule has 144 valence electrons. The van der Waals surface area contributed by atoms with Crippen molar-refractivity contribution >= 4 is 15.9 Å². The van der Waals surface area contributed by atoms with Gasteiger partial charge in [0.05, 0.1) is 11.3 Å². The SMILES string of the molecule is Cc1ccc(S(=O)(=O)N2CCN(C(=O)Cc3ccc(C)cc3C)CC2)cc1. The first-order valence-electron chi connectivity index (χ1n) is 9.18. The predicted octanol–water partition coefficient (Wildman–Crippen LogP) is 2.69. The van der Waals surface area contributed by atoms with E-state index in [1.807, 2.05) is 32.9 Å². The highest BCUT2D eigenvalue weighted by Crippen LogP contribution is 2.19. The van der Waals surface area contributed by atoms with Crippen molar-refractivity contribution in [1.29, 1.82) is 0 Å². The van der Waals surface area contributed by atoms with Crippen molar-refractivity contribution in [3.05, 3.63) is 64.7 Å². The van der Waals surface area contributed by atoms with Gasteiger partial charge in [-0.25, -0.2) is 8.42 Å². The lowest BCUT2D eigenvalue weighted by Gasteiger charge is -2.34. The minimum Gasteiger partial charge on any atom is -0.340 e. The van der Waals surface area contributed by atoms with Crippen LogP contribution in [0, 0.1) is 20.8 Å². The first-order valence-corrected chi connectivity index (χ1v) is 10.6. The van der Waals surface area contributed by atoms with Gasteiger partial charge in [-0.15, -0.1) is 0 Å². The van der Waals surface area contributed by atoms with Crippen molar-refractivity contribution in [3.8, 4) is 0 Å². The number of piperazine rings is 1. The number of sulfonamides is 1. The van der Waals surface area contributed by atoms with Gasteiger partial charge in [0.1, 0.15) is 0 Å². The van der Waals surface area contributed by atoms with Crippen LogP contribution in [0.25, 0.3) is 0 Å². The Balaban J connectivity index is 1.62. The molecule has 0 unspecified atom stereocenters. The highest BCUT2D eigenvalue weighted by atomic mass is 32.2. The zero-order valence-electron chi connectivity index (χ0n) is 16.1. The molecule has 0 N–H and O–H groups in total. The fourth-order valence-electron chi connectivity index (χ4n) is 3.36. The van der Waals surface area contributed by atoms with Crippen LogP contribution in [0.3, 0.4) is 0 Å². The maximum atomic E-state index is 12.8. The van der Waals surface area contributed by atoms with Crippen LogP contribution in [-0.2, 0) is 21.2 Å². The Hall–Kier alpha value is -2.18. The summed E-state index contributed by atoms with van der Waals surface area (Å²) in [7, 11) is -3.50. The normalized spacial score (nSPS) is 15.7. The Labute approximate surface area is 161 Å². The number of nitrogens with zero attached hydrogens (tertiary/aromatic N) is 2. The molecular formula is C21H26N2O3S. The van der Waals surface area contributed by atoms with Gasteiger partial charge in [-0.3, -0.25) is 4.79 Å². The number of hydrogen-bond acceptors (Lipinski definition) is 3. The van der Waals surface area contributed by atoms with Crippen molar-refractivity contribution in [1.82, 2.24) is 9.21 Å². The highest BCUT2D eigenvalue weighted by molar-refractivity contribution is 7.89. The standard InChI is InChI=1S/C21H26N2O3S/c1-16-5-8-20(9-6-16)27(25,26)23-12-10-22(11-13-23)21(24)15-19-7-4-17(2)14-18(19)3/h4-9,14H,10-13,15H2,1-3H3. The Morgan fingerprint density at radius 2 is 1.48 bits per heavy atom. The lowest BCUT2D eigenvalue weighted by molar-refractivity contribution is -0.131.